The van der Waals surface area contributed by atoms with Gasteiger partial charge in [-0.05, 0) is 20.8 Å². The molecule has 0 aromatic heterocycles. The fraction of sp³-hybridized carbons (Fsp3) is 1.00. The number of hydrogen-bond acceptors (Lipinski definition) is 3. The topological polar surface area (TPSA) is 40.5 Å². The Morgan fingerprint density at radius 3 is 2.62 bits per heavy atom. The van der Waals surface area contributed by atoms with Crippen molar-refractivity contribution >= 4 is 10.8 Å². The van der Waals surface area contributed by atoms with E-state index in [-0.39, 0.29) is 17.4 Å². The maximum Gasteiger partial charge on any atom is 0.0664 e. The van der Waals surface area contributed by atoms with E-state index in [4.69, 9.17) is 0 Å². The molecule has 3 nitrogen and oxygen atoms in total. The molecule has 4 atom stereocenters. The van der Waals surface area contributed by atoms with Gasteiger partial charge in [0.15, 0.2) is 0 Å². The molecule has 1 saturated heterocycles. The van der Waals surface area contributed by atoms with Gasteiger partial charge in [-0.25, -0.2) is 0 Å². The highest BCUT2D eigenvalue weighted by atomic mass is 32.2. The first-order valence-corrected chi connectivity index (χ1v) is 6.20. The minimum absolute atomic E-state index is 0.180. The van der Waals surface area contributed by atoms with Gasteiger partial charge in [0, 0.05) is 40.9 Å². The molecule has 0 bridgehead atoms. The molecular formula is C9H19NO2S. The second-order valence-corrected chi connectivity index (χ2v) is 5.85. The third-order valence-electron chi connectivity index (χ3n) is 2.79. The van der Waals surface area contributed by atoms with Gasteiger partial charge in [-0.3, -0.25) is 9.11 Å². The Morgan fingerprint density at radius 1 is 1.54 bits per heavy atom. The van der Waals surface area contributed by atoms with Crippen molar-refractivity contribution < 1.29 is 9.32 Å². The summed E-state index contributed by atoms with van der Waals surface area (Å²) >= 11 is 0. The van der Waals surface area contributed by atoms with Gasteiger partial charge >= 0.3 is 0 Å². The molecule has 0 aliphatic carbocycles. The molecule has 4 heteroatoms. The van der Waals surface area contributed by atoms with E-state index in [1.54, 1.807) is 6.92 Å². The number of aliphatic hydroxyl groups excluding tert-OH is 1. The fourth-order valence-corrected chi connectivity index (χ4v) is 2.76. The zero-order valence-electron chi connectivity index (χ0n) is 8.56. The van der Waals surface area contributed by atoms with Gasteiger partial charge in [0.25, 0.3) is 0 Å². The summed E-state index contributed by atoms with van der Waals surface area (Å²) in [4.78, 5) is 2.22. The number of rotatable bonds is 2. The summed E-state index contributed by atoms with van der Waals surface area (Å²) in [5.74, 6) is 0.748. The van der Waals surface area contributed by atoms with Gasteiger partial charge in [0.1, 0.15) is 0 Å². The molecule has 0 amide bonds. The average Bonchev–Trinajstić information content (AvgIpc) is 2.08. The third-order valence-corrected chi connectivity index (χ3v) is 4.43. The van der Waals surface area contributed by atoms with Crippen molar-refractivity contribution in [2.45, 2.75) is 38.2 Å². The zero-order chi connectivity index (χ0) is 10.0. The van der Waals surface area contributed by atoms with Crippen LogP contribution in [0.15, 0.2) is 0 Å². The first-order chi connectivity index (χ1) is 6.02. The number of nitrogens with zero attached hydrogens (tertiary/aromatic N) is 1. The van der Waals surface area contributed by atoms with Crippen molar-refractivity contribution in [3.8, 4) is 0 Å². The third kappa shape index (κ3) is 2.76. The average molecular weight is 205 g/mol. The van der Waals surface area contributed by atoms with Crippen LogP contribution in [0.5, 0.6) is 0 Å². The summed E-state index contributed by atoms with van der Waals surface area (Å²) in [5, 5.41) is 9.65. The van der Waals surface area contributed by atoms with E-state index in [1.807, 2.05) is 13.8 Å². The Labute approximate surface area is 82.6 Å². The van der Waals surface area contributed by atoms with Crippen LogP contribution in [0.25, 0.3) is 0 Å². The van der Waals surface area contributed by atoms with E-state index in [2.05, 4.69) is 4.90 Å². The molecule has 1 aliphatic heterocycles. The monoisotopic (exact) mass is 205 g/mol. The van der Waals surface area contributed by atoms with Crippen LogP contribution in [0.2, 0.25) is 0 Å². The van der Waals surface area contributed by atoms with E-state index >= 15 is 0 Å². The summed E-state index contributed by atoms with van der Waals surface area (Å²) in [6.45, 7) is 7.53. The molecule has 0 aromatic carbocycles. The van der Waals surface area contributed by atoms with Gasteiger partial charge in [-0.1, -0.05) is 0 Å². The predicted molar refractivity (Wildman–Crippen MR) is 55.2 cm³/mol. The van der Waals surface area contributed by atoms with Crippen molar-refractivity contribution in [3.63, 3.8) is 0 Å². The molecule has 1 N–H and O–H groups in total. The molecule has 1 fully saturated rings. The van der Waals surface area contributed by atoms with Crippen molar-refractivity contribution in [3.05, 3.63) is 0 Å². The Bertz CT molecular complexity index is 196. The minimum Gasteiger partial charge on any atom is -0.392 e. The molecule has 1 heterocycles. The highest BCUT2D eigenvalue weighted by molar-refractivity contribution is 7.85. The zero-order valence-corrected chi connectivity index (χ0v) is 9.38. The summed E-state index contributed by atoms with van der Waals surface area (Å²) in [6, 6.07) is 0.180. The summed E-state index contributed by atoms with van der Waals surface area (Å²) in [7, 11) is -0.659. The summed E-state index contributed by atoms with van der Waals surface area (Å²) < 4.78 is 11.4. The number of hydrogen-bond donors (Lipinski definition) is 1. The van der Waals surface area contributed by atoms with E-state index in [9.17, 15) is 9.32 Å². The second-order valence-electron chi connectivity index (χ2n) is 3.87. The smallest absolute Gasteiger partial charge is 0.0664 e. The normalized spacial score (nSPS) is 35.7. The van der Waals surface area contributed by atoms with Crippen LogP contribution in [0.4, 0.5) is 0 Å². The molecule has 78 valence electrons. The van der Waals surface area contributed by atoms with Crippen LogP contribution in [0, 0.1) is 0 Å². The standard InChI is InChI=1S/C9H19NO2S/c1-7-6-10(4-5-13(7)12)8(2)9(3)11/h7-9,11H,4-6H2,1-3H3. The molecule has 0 radical (unpaired) electrons. The maximum absolute atomic E-state index is 11.4. The van der Waals surface area contributed by atoms with E-state index < -0.39 is 10.8 Å². The lowest BCUT2D eigenvalue weighted by Crippen LogP contribution is -2.50. The first kappa shape index (κ1) is 11.1. The molecule has 1 rings (SSSR count). The molecule has 1 aliphatic rings. The van der Waals surface area contributed by atoms with Crippen LogP contribution in [0.3, 0.4) is 0 Å². The fourth-order valence-electron chi connectivity index (χ4n) is 1.59. The van der Waals surface area contributed by atoms with Crippen LogP contribution < -0.4 is 0 Å². The van der Waals surface area contributed by atoms with Crippen molar-refractivity contribution in [2.75, 3.05) is 18.8 Å². The first-order valence-electron chi connectivity index (χ1n) is 4.81. The Morgan fingerprint density at radius 2 is 2.15 bits per heavy atom. The van der Waals surface area contributed by atoms with Crippen molar-refractivity contribution in [2.24, 2.45) is 0 Å². The number of aliphatic hydroxyl groups is 1. The Balaban J connectivity index is 2.50. The van der Waals surface area contributed by atoms with Gasteiger partial charge < -0.3 is 5.11 Å². The quantitative estimate of drug-likeness (QED) is 0.700. The van der Waals surface area contributed by atoms with Crippen LogP contribution >= 0.6 is 0 Å². The molecule has 13 heavy (non-hydrogen) atoms. The van der Waals surface area contributed by atoms with Crippen LogP contribution in [0.1, 0.15) is 20.8 Å². The second kappa shape index (κ2) is 4.53. The summed E-state index contributed by atoms with van der Waals surface area (Å²) in [5.41, 5.74) is 0. The van der Waals surface area contributed by atoms with E-state index in [0.717, 1.165) is 18.8 Å². The molecule has 4 unspecified atom stereocenters. The van der Waals surface area contributed by atoms with Crippen molar-refractivity contribution in [1.29, 1.82) is 0 Å². The largest absolute Gasteiger partial charge is 0.392 e. The van der Waals surface area contributed by atoms with Gasteiger partial charge in [0.2, 0.25) is 0 Å². The lowest BCUT2D eigenvalue weighted by molar-refractivity contribution is 0.0729. The van der Waals surface area contributed by atoms with E-state index in [1.165, 1.54) is 0 Å². The lowest BCUT2D eigenvalue weighted by atomic mass is 10.1. The minimum atomic E-state index is -0.659. The lowest BCUT2D eigenvalue weighted by Gasteiger charge is -2.36. The van der Waals surface area contributed by atoms with Crippen molar-refractivity contribution in [1.82, 2.24) is 4.90 Å². The highest BCUT2D eigenvalue weighted by Gasteiger charge is 2.27. The molecule has 0 saturated carbocycles. The Hall–Kier alpha value is 0.0700. The molecular weight excluding hydrogens is 186 g/mol. The Kier molecular flexibility index (Phi) is 3.88. The predicted octanol–water partition coefficient (Wildman–Crippen LogP) is 0.208. The molecule has 0 aromatic rings. The highest BCUT2D eigenvalue weighted by Crippen LogP contribution is 2.13. The molecule has 0 spiro atoms. The van der Waals surface area contributed by atoms with Gasteiger partial charge in [0.05, 0.1) is 6.10 Å². The maximum atomic E-state index is 11.4. The van der Waals surface area contributed by atoms with Gasteiger partial charge in [-0.15, -0.1) is 0 Å². The van der Waals surface area contributed by atoms with Crippen LogP contribution in [-0.4, -0.2) is 50.5 Å². The van der Waals surface area contributed by atoms with Crippen LogP contribution in [-0.2, 0) is 10.8 Å². The SMILES string of the molecule is CC(O)C(C)N1CCS(=O)C(C)C1. The van der Waals surface area contributed by atoms with Gasteiger partial charge in [-0.2, -0.15) is 0 Å². The van der Waals surface area contributed by atoms with E-state index in [0.29, 0.717) is 0 Å². The summed E-state index contributed by atoms with van der Waals surface area (Å²) in [6.07, 6.45) is -0.307.